The fourth-order valence-corrected chi connectivity index (χ4v) is 4.20. The van der Waals surface area contributed by atoms with Gasteiger partial charge in [-0.2, -0.15) is 0 Å². The summed E-state index contributed by atoms with van der Waals surface area (Å²) in [6, 6.07) is 17.0. The molecular formula is C21H26N2O3S. The molecule has 5 nitrogen and oxygen atoms in total. The predicted molar refractivity (Wildman–Crippen MR) is 110 cm³/mol. The maximum atomic E-state index is 13.0. The largest absolute Gasteiger partial charge is 0.379 e. The van der Waals surface area contributed by atoms with Gasteiger partial charge in [0.05, 0.1) is 24.3 Å². The molecule has 144 valence electrons. The standard InChI is InChI=1S/C21H26N2O3S/c1-19-7-9-20(10-8-19)11-18-27(24,25)23(21-5-3-2-4-6-21)13-12-22-14-16-26-17-15-22/h2-11,18H,12-17H2,1H3/b18-11+. The molecule has 0 spiro atoms. The number of nitrogens with zero attached hydrogens (tertiary/aromatic N) is 2. The zero-order valence-electron chi connectivity index (χ0n) is 15.6. The normalized spacial score (nSPS) is 15.9. The molecule has 0 aromatic heterocycles. The van der Waals surface area contributed by atoms with Crippen molar-refractivity contribution in [3.8, 4) is 0 Å². The molecule has 2 aromatic carbocycles. The van der Waals surface area contributed by atoms with Crippen molar-refractivity contribution in [2.75, 3.05) is 43.7 Å². The van der Waals surface area contributed by atoms with Gasteiger partial charge in [-0.25, -0.2) is 8.42 Å². The highest BCUT2D eigenvalue weighted by atomic mass is 32.2. The van der Waals surface area contributed by atoms with Gasteiger partial charge in [0, 0.05) is 26.2 Å². The summed E-state index contributed by atoms with van der Waals surface area (Å²) in [5.41, 5.74) is 2.69. The second-order valence-corrected chi connectivity index (χ2v) is 8.36. The van der Waals surface area contributed by atoms with Crippen LogP contribution in [0.1, 0.15) is 11.1 Å². The van der Waals surface area contributed by atoms with Gasteiger partial charge in [0.2, 0.25) is 0 Å². The topological polar surface area (TPSA) is 49.9 Å². The van der Waals surface area contributed by atoms with Crippen LogP contribution in [-0.2, 0) is 14.8 Å². The van der Waals surface area contributed by atoms with E-state index in [1.807, 2.05) is 61.5 Å². The highest BCUT2D eigenvalue weighted by Crippen LogP contribution is 2.19. The summed E-state index contributed by atoms with van der Waals surface area (Å²) in [4.78, 5) is 2.23. The summed E-state index contributed by atoms with van der Waals surface area (Å²) < 4.78 is 32.9. The van der Waals surface area contributed by atoms with Gasteiger partial charge >= 0.3 is 0 Å². The Labute approximate surface area is 161 Å². The van der Waals surface area contributed by atoms with E-state index in [4.69, 9.17) is 4.74 Å². The zero-order chi connectivity index (χ0) is 19.1. The molecule has 1 aliphatic rings. The van der Waals surface area contributed by atoms with E-state index >= 15 is 0 Å². The summed E-state index contributed by atoms with van der Waals surface area (Å²) >= 11 is 0. The maximum Gasteiger partial charge on any atom is 0.257 e. The Bertz CT molecular complexity index is 843. The third-order valence-corrected chi connectivity index (χ3v) is 6.07. The van der Waals surface area contributed by atoms with Crippen LogP contribution in [0.3, 0.4) is 0 Å². The molecule has 0 unspecified atom stereocenters. The Hall–Kier alpha value is -2.15. The third kappa shape index (κ3) is 5.66. The molecule has 6 heteroatoms. The number of ether oxygens (including phenoxy) is 1. The average Bonchev–Trinajstić information content (AvgIpc) is 2.69. The van der Waals surface area contributed by atoms with E-state index in [-0.39, 0.29) is 0 Å². The van der Waals surface area contributed by atoms with Crippen LogP contribution in [0, 0.1) is 6.92 Å². The van der Waals surface area contributed by atoms with E-state index < -0.39 is 10.0 Å². The molecule has 0 saturated carbocycles. The molecule has 1 heterocycles. The van der Waals surface area contributed by atoms with Gasteiger partial charge in [-0.3, -0.25) is 9.21 Å². The van der Waals surface area contributed by atoms with E-state index in [1.165, 1.54) is 9.71 Å². The summed E-state index contributed by atoms with van der Waals surface area (Å²) in [5.74, 6) is 0. The first-order chi connectivity index (χ1) is 13.0. The number of sulfonamides is 1. The number of anilines is 1. The van der Waals surface area contributed by atoms with Crippen LogP contribution in [0.5, 0.6) is 0 Å². The Kier molecular flexibility index (Phi) is 6.66. The minimum atomic E-state index is -3.59. The molecular weight excluding hydrogens is 360 g/mol. The van der Waals surface area contributed by atoms with Gasteiger partial charge in [-0.05, 0) is 30.7 Å². The van der Waals surface area contributed by atoms with Crippen molar-refractivity contribution >= 4 is 21.8 Å². The summed E-state index contributed by atoms with van der Waals surface area (Å²) in [6.07, 6.45) is 1.65. The van der Waals surface area contributed by atoms with Crippen molar-refractivity contribution in [3.05, 3.63) is 71.1 Å². The minimum Gasteiger partial charge on any atom is -0.379 e. The smallest absolute Gasteiger partial charge is 0.257 e. The zero-order valence-corrected chi connectivity index (χ0v) is 16.4. The Balaban J connectivity index is 1.78. The Morgan fingerprint density at radius 2 is 1.70 bits per heavy atom. The van der Waals surface area contributed by atoms with Gasteiger partial charge < -0.3 is 4.74 Å². The number of para-hydroxylation sites is 1. The number of morpholine rings is 1. The second-order valence-electron chi connectivity index (χ2n) is 6.62. The van der Waals surface area contributed by atoms with Crippen LogP contribution < -0.4 is 4.31 Å². The number of hydrogen-bond acceptors (Lipinski definition) is 4. The highest BCUT2D eigenvalue weighted by Gasteiger charge is 2.21. The molecule has 2 aromatic rings. The van der Waals surface area contributed by atoms with Crippen LogP contribution in [0.4, 0.5) is 5.69 Å². The van der Waals surface area contributed by atoms with E-state index in [0.717, 1.165) is 24.2 Å². The van der Waals surface area contributed by atoms with Crippen molar-refractivity contribution in [2.24, 2.45) is 0 Å². The predicted octanol–water partition coefficient (Wildman–Crippen LogP) is 3.13. The van der Waals surface area contributed by atoms with E-state index in [1.54, 1.807) is 6.08 Å². The van der Waals surface area contributed by atoms with E-state index in [0.29, 0.717) is 32.0 Å². The fraction of sp³-hybridized carbons (Fsp3) is 0.333. The number of aryl methyl sites for hydroxylation is 1. The van der Waals surface area contributed by atoms with Crippen LogP contribution in [-0.4, -0.2) is 52.7 Å². The van der Waals surface area contributed by atoms with Crippen molar-refractivity contribution in [1.29, 1.82) is 0 Å². The lowest BCUT2D eigenvalue weighted by Crippen LogP contribution is -2.42. The Morgan fingerprint density at radius 1 is 1.04 bits per heavy atom. The lowest BCUT2D eigenvalue weighted by Gasteiger charge is -2.30. The highest BCUT2D eigenvalue weighted by molar-refractivity contribution is 7.95. The van der Waals surface area contributed by atoms with E-state index in [2.05, 4.69) is 4.90 Å². The van der Waals surface area contributed by atoms with Crippen molar-refractivity contribution < 1.29 is 13.2 Å². The quantitative estimate of drug-likeness (QED) is 0.734. The van der Waals surface area contributed by atoms with Crippen LogP contribution in [0.25, 0.3) is 6.08 Å². The molecule has 0 N–H and O–H groups in total. The van der Waals surface area contributed by atoms with Crippen molar-refractivity contribution in [2.45, 2.75) is 6.92 Å². The summed E-state index contributed by atoms with van der Waals surface area (Å²) in [7, 11) is -3.59. The molecule has 0 bridgehead atoms. The van der Waals surface area contributed by atoms with Gasteiger partial charge in [-0.15, -0.1) is 0 Å². The number of benzene rings is 2. The maximum absolute atomic E-state index is 13.0. The molecule has 0 amide bonds. The Morgan fingerprint density at radius 3 is 2.37 bits per heavy atom. The molecule has 0 radical (unpaired) electrons. The minimum absolute atomic E-state index is 0.407. The molecule has 3 rings (SSSR count). The fourth-order valence-electron chi connectivity index (χ4n) is 2.97. The molecule has 1 aliphatic heterocycles. The van der Waals surface area contributed by atoms with Crippen molar-refractivity contribution in [3.63, 3.8) is 0 Å². The molecule has 1 saturated heterocycles. The molecule has 27 heavy (non-hydrogen) atoms. The van der Waals surface area contributed by atoms with Crippen molar-refractivity contribution in [1.82, 2.24) is 4.90 Å². The van der Waals surface area contributed by atoms with Gasteiger partial charge in [0.1, 0.15) is 0 Å². The van der Waals surface area contributed by atoms with Gasteiger partial charge in [0.25, 0.3) is 10.0 Å². The van der Waals surface area contributed by atoms with Crippen LogP contribution >= 0.6 is 0 Å². The SMILES string of the molecule is Cc1ccc(/C=C/S(=O)(=O)N(CCN2CCOCC2)c2ccccc2)cc1. The first kappa shape index (κ1) is 19.6. The van der Waals surface area contributed by atoms with Crippen LogP contribution in [0.15, 0.2) is 60.0 Å². The third-order valence-electron chi connectivity index (χ3n) is 4.58. The number of rotatable bonds is 7. The lowest BCUT2D eigenvalue weighted by atomic mass is 10.2. The average molecular weight is 387 g/mol. The number of hydrogen-bond donors (Lipinski definition) is 0. The van der Waals surface area contributed by atoms with Gasteiger partial charge in [-0.1, -0.05) is 48.0 Å². The van der Waals surface area contributed by atoms with Gasteiger partial charge in [0.15, 0.2) is 0 Å². The molecule has 0 aliphatic carbocycles. The second kappa shape index (κ2) is 9.17. The molecule has 1 fully saturated rings. The monoisotopic (exact) mass is 386 g/mol. The van der Waals surface area contributed by atoms with E-state index in [9.17, 15) is 8.42 Å². The lowest BCUT2D eigenvalue weighted by molar-refractivity contribution is 0.0395. The molecule has 0 atom stereocenters. The van der Waals surface area contributed by atoms with Crippen LogP contribution in [0.2, 0.25) is 0 Å². The first-order valence-corrected chi connectivity index (χ1v) is 10.7. The summed E-state index contributed by atoms with van der Waals surface area (Å²) in [5, 5.41) is 1.30. The summed E-state index contributed by atoms with van der Waals surface area (Å²) in [6.45, 7) is 6.16. The first-order valence-electron chi connectivity index (χ1n) is 9.17.